The second-order valence-electron chi connectivity index (χ2n) is 7.17. The van der Waals surface area contributed by atoms with Crippen molar-refractivity contribution in [2.24, 2.45) is 0 Å². The van der Waals surface area contributed by atoms with Gasteiger partial charge in [-0.15, -0.1) is 12.6 Å². The highest BCUT2D eigenvalue weighted by atomic mass is 32.1. The van der Waals surface area contributed by atoms with Crippen molar-refractivity contribution in [1.29, 1.82) is 0 Å². The monoisotopic (exact) mass is 411 g/mol. The molecule has 150 valence electrons. The summed E-state index contributed by atoms with van der Waals surface area (Å²) in [6, 6.07) is 37.6. The Hall–Kier alpha value is -3.37. The van der Waals surface area contributed by atoms with E-state index in [4.69, 9.17) is 0 Å². The minimum absolute atomic E-state index is 0.858. The summed E-state index contributed by atoms with van der Waals surface area (Å²) in [5, 5.41) is 0. The molecule has 3 nitrogen and oxygen atoms in total. The molecular formula is C26H25N3S. The molecule has 2 N–H and O–H groups in total. The topological polar surface area (TPSA) is 27.3 Å². The van der Waals surface area contributed by atoms with Gasteiger partial charge in [0.2, 0.25) is 0 Å². The van der Waals surface area contributed by atoms with Crippen molar-refractivity contribution >= 4 is 29.7 Å². The van der Waals surface area contributed by atoms with Crippen LogP contribution in [-0.4, -0.2) is 0 Å². The van der Waals surface area contributed by atoms with E-state index in [0.29, 0.717) is 0 Å². The van der Waals surface area contributed by atoms with Crippen LogP contribution >= 0.6 is 12.6 Å². The van der Waals surface area contributed by atoms with Crippen LogP contribution in [-0.2, 0) is 13.1 Å². The van der Waals surface area contributed by atoms with E-state index in [9.17, 15) is 0 Å². The Balaban J connectivity index is 1.47. The molecule has 0 aliphatic rings. The van der Waals surface area contributed by atoms with E-state index in [1.807, 2.05) is 24.3 Å². The van der Waals surface area contributed by atoms with E-state index in [0.717, 1.165) is 29.4 Å². The lowest BCUT2D eigenvalue weighted by molar-refractivity contribution is 0.800. The number of nitrogens with one attached hydrogen (secondary N) is 2. The molecule has 0 aliphatic carbocycles. The second-order valence-corrected chi connectivity index (χ2v) is 7.69. The molecule has 30 heavy (non-hydrogen) atoms. The van der Waals surface area contributed by atoms with Gasteiger partial charge in [-0.1, -0.05) is 60.7 Å². The van der Waals surface area contributed by atoms with Gasteiger partial charge in [0.1, 0.15) is 0 Å². The standard InChI is InChI=1S/C26H25N3S/c30-26-17-13-24(14-18-26)28-27-23-11-15-25(16-12-23)29(19-21-7-3-1-4-8-21)20-22-9-5-2-6-10-22/h1-18,27-28,30H,19-20H2. The number of anilines is 3. The van der Waals surface area contributed by atoms with Crippen LogP contribution in [0, 0.1) is 0 Å². The fourth-order valence-corrected chi connectivity index (χ4v) is 3.44. The third kappa shape index (κ3) is 5.58. The van der Waals surface area contributed by atoms with E-state index in [-0.39, 0.29) is 0 Å². The Morgan fingerprint density at radius 3 is 1.43 bits per heavy atom. The number of hydrogen-bond acceptors (Lipinski definition) is 4. The molecule has 4 aromatic carbocycles. The molecule has 4 aromatic rings. The maximum Gasteiger partial charge on any atom is 0.0541 e. The van der Waals surface area contributed by atoms with Gasteiger partial charge in [-0.2, -0.15) is 0 Å². The molecule has 0 atom stereocenters. The van der Waals surface area contributed by atoms with Gasteiger partial charge in [-0.3, -0.25) is 0 Å². The summed E-state index contributed by atoms with van der Waals surface area (Å²) in [5.41, 5.74) is 12.3. The average Bonchev–Trinajstić information content (AvgIpc) is 2.80. The van der Waals surface area contributed by atoms with Crippen molar-refractivity contribution in [2.45, 2.75) is 18.0 Å². The van der Waals surface area contributed by atoms with Crippen LogP contribution in [0.25, 0.3) is 0 Å². The SMILES string of the molecule is Sc1ccc(NNc2ccc(N(Cc3ccccc3)Cc3ccccc3)cc2)cc1. The summed E-state index contributed by atoms with van der Waals surface area (Å²) < 4.78 is 0. The first-order valence-corrected chi connectivity index (χ1v) is 10.4. The van der Waals surface area contributed by atoms with E-state index < -0.39 is 0 Å². The van der Waals surface area contributed by atoms with E-state index >= 15 is 0 Å². The van der Waals surface area contributed by atoms with E-state index in [2.05, 4.69) is 113 Å². The maximum atomic E-state index is 4.32. The molecule has 0 bridgehead atoms. The van der Waals surface area contributed by atoms with Crippen molar-refractivity contribution < 1.29 is 0 Å². The third-order valence-electron chi connectivity index (χ3n) is 4.88. The zero-order chi connectivity index (χ0) is 20.6. The molecule has 0 amide bonds. The predicted molar refractivity (Wildman–Crippen MR) is 130 cm³/mol. The number of hydrazine groups is 1. The van der Waals surface area contributed by atoms with Crippen LogP contribution in [0.1, 0.15) is 11.1 Å². The first-order chi connectivity index (χ1) is 14.8. The summed E-state index contributed by atoms with van der Waals surface area (Å²) in [6.45, 7) is 1.72. The van der Waals surface area contributed by atoms with Crippen LogP contribution in [0.4, 0.5) is 17.1 Å². The minimum Gasteiger partial charge on any atom is -0.363 e. The lowest BCUT2D eigenvalue weighted by atomic mass is 10.1. The van der Waals surface area contributed by atoms with Crippen LogP contribution in [0.15, 0.2) is 114 Å². The quantitative estimate of drug-likeness (QED) is 0.225. The minimum atomic E-state index is 0.858. The van der Waals surface area contributed by atoms with E-state index in [1.54, 1.807) is 0 Å². The van der Waals surface area contributed by atoms with Crippen molar-refractivity contribution in [3.8, 4) is 0 Å². The fraction of sp³-hybridized carbons (Fsp3) is 0.0769. The molecule has 0 aromatic heterocycles. The molecule has 0 fully saturated rings. The molecule has 0 unspecified atom stereocenters. The first kappa shape index (κ1) is 19.9. The lowest BCUT2D eigenvalue weighted by Crippen LogP contribution is -2.22. The van der Waals surface area contributed by atoms with Gasteiger partial charge in [0.15, 0.2) is 0 Å². The van der Waals surface area contributed by atoms with Gasteiger partial charge < -0.3 is 15.8 Å². The number of hydrogen-bond donors (Lipinski definition) is 3. The Bertz CT molecular complexity index is 992. The zero-order valence-electron chi connectivity index (χ0n) is 16.7. The molecule has 4 rings (SSSR count). The highest BCUT2D eigenvalue weighted by Gasteiger charge is 2.09. The average molecular weight is 412 g/mol. The van der Waals surface area contributed by atoms with Crippen molar-refractivity contribution in [3.63, 3.8) is 0 Å². The largest absolute Gasteiger partial charge is 0.363 e. The predicted octanol–water partition coefficient (Wildman–Crippen LogP) is 6.62. The maximum absolute atomic E-state index is 4.32. The molecular weight excluding hydrogens is 386 g/mol. The molecule has 0 aliphatic heterocycles. The molecule has 0 radical (unpaired) electrons. The smallest absolute Gasteiger partial charge is 0.0541 e. The molecule has 4 heteroatoms. The van der Waals surface area contributed by atoms with Gasteiger partial charge >= 0.3 is 0 Å². The second kappa shape index (κ2) is 9.90. The molecule has 0 heterocycles. The van der Waals surface area contributed by atoms with Gasteiger partial charge in [-0.25, -0.2) is 0 Å². The molecule has 0 spiro atoms. The van der Waals surface area contributed by atoms with E-state index in [1.165, 1.54) is 16.8 Å². The van der Waals surface area contributed by atoms with Gasteiger partial charge in [-0.05, 0) is 59.7 Å². The number of rotatable bonds is 8. The highest BCUT2D eigenvalue weighted by Crippen LogP contribution is 2.23. The van der Waals surface area contributed by atoms with Crippen molar-refractivity contribution in [3.05, 3.63) is 120 Å². The van der Waals surface area contributed by atoms with Crippen LogP contribution in [0.2, 0.25) is 0 Å². The lowest BCUT2D eigenvalue weighted by Gasteiger charge is -2.25. The fourth-order valence-electron chi connectivity index (χ4n) is 3.29. The summed E-state index contributed by atoms with van der Waals surface area (Å²) in [6.07, 6.45) is 0. The van der Waals surface area contributed by atoms with Gasteiger partial charge in [0.05, 0.1) is 11.4 Å². The Labute approximate surface area is 183 Å². The number of thiol groups is 1. The summed E-state index contributed by atoms with van der Waals surface area (Å²) >= 11 is 4.32. The Morgan fingerprint density at radius 2 is 0.967 bits per heavy atom. The Kier molecular flexibility index (Phi) is 6.58. The van der Waals surface area contributed by atoms with Crippen LogP contribution in [0.3, 0.4) is 0 Å². The number of nitrogens with zero attached hydrogens (tertiary/aromatic N) is 1. The summed E-state index contributed by atoms with van der Waals surface area (Å²) in [7, 11) is 0. The summed E-state index contributed by atoms with van der Waals surface area (Å²) in [5.74, 6) is 0. The zero-order valence-corrected chi connectivity index (χ0v) is 17.6. The third-order valence-corrected chi connectivity index (χ3v) is 5.18. The Morgan fingerprint density at radius 1 is 0.533 bits per heavy atom. The van der Waals surface area contributed by atoms with Crippen LogP contribution in [0.5, 0.6) is 0 Å². The summed E-state index contributed by atoms with van der Waals surface area (Å²) in [4.78, 5) is 3.34. The normalized spacial score (nSPS) is 10.4. The molecule has 0 saturated heterocycles. The van der Waals surface area contributed by atoms with Crippen LogP contribution < -0.4 is 15.8 Å². The molecule has 0 saturated carbocycles. The first-order valence-electron chi connectivity index (χ1n) is 10.0. The van der Waals surface area contributed by atoms with Gasteiger partial charge in [0.25, 0.3) is 0 Å². The highest BCUT2D eigenvalue weighted by molar-refractivity contribution is 7.80. The number of benzene rings is 4. The van der Waals surface area contributed by atoms with Crippen molar-refractivity contribution in [2.75, 3.05) is 15.8 Å². The van der Waals surface area contributed by atoms with Crippen molar-refractivity contribution in [1.82, 2.24) is 0 Å². The van der Waals surface area contributed by atoms with Gasteiger partial charge in [0, 0.05) is 23.7 Å².